The second-order valence-corrected chi connectivity index (χ2v) is 4.44. The van der Waals surface area contributed by atoms with Gasteiger partial charge in [0, 0.05) is 30.9 Å². The third-order valence-corrected chi connectivity index (χ3v) is 3.00. The summed E-state index contributed by atoms with van der Waals surface area (Å²) < 4.78 is 39.1. The van der Waals surface area contributed by atoms with Crippen molar-refractivity contribution < 1.29 is 18.0 Å². The molecule has 0 spiro atoms. The predicted octanol–water partition coefficient (Wildman–Crippen LogP) is 3.16. The average Bonchev–Trinajstić information content (AvgIpc) is 2.47. The minimum absolute atomic E-state index is 0.108. The standard InChI is InChI=1S/C15H13F3N2O/c1-2-20(9-10-3-4-12(16)13(17)7-10)15(21)11-5-6-19-14(18)8-11/h3-8H,2,9H2,1H3. The van der Waals surface area contributed by atoms with Crippen LogP contribution in [0, 0.1) is 17.6 Å². The van der Waals surface area contributed by atoms with E-state index in [9.17, 15) is 18.0 Å². The van der Waals surface area contributed by atoms with E-state index in [2.05, 4.69) is 4.98 Å². The van der Waals surface area contributed by atoms with E-state index in [0.29, 0.717) is 12.1 Å². The van der Waals surface area contributed by atoms with Crippen LogP contribution in [0.15, 0.2) is 36.5 Å². The van der Waals surface area contributed by atoms with E-state index in [0.717, 1.165) is 18.2 Å². The number of amides is 1. The summed E-state index contributed by atoms with van der Waals surface area (Å²) in [6.45, 7) is 2.20. The van der Waals surface area contributed by atoms with Crippen molar-refractivity contribution in [3.63, 3.8) is 0 Å². The summed E-state index contributed by atoms with van der Waals surface area (Å²) in [5.41, 5.74) is 0.616. The molecular weight excluding hydrogens is 281 g/mol. The number of carbonyl (C=O) groups excluding carboxylic acids is 1. The minimum atomic E-state index is -0.967. The summed E-state index contributed by atoms with van der Waals surface area (Å²) in [6.07, 6.45) is 1.20. The second-order valence-electron chi connectivity index (χ2n) is 4.44. The quantitative estimate of drug-likeness (QED) is 0.812. The molecule has 21 heavy (non-hydrogen) atoms. The Hall–Kier alpha value is -2.37. The molecule has 0 aliphatic carbocycles. The topological polar surface area (TPSA) is 33.2 Å². The van der Waals surface area contributed by atoms with Gasteiger partial charge in [0.15, 0.2) is 11.6 Å². The first-order valence-corrected chi connectivity index (χ1v) is 6.36. The Morgan fingerprint density at radius 1 is 1.14 bits per heavy atom. The van der Waals surface area contributed by atoms with Crippen LogP contribution in [0.25, 0.3) is 0 Å². The van der Waals surface area contributed by atoms with Crippen LogP contribution in [0.4, 0.5) is 13.2 Å². The molecule has 0 unspecified atom stereocenters. The normalized spacial score (nSPS) is 10.5. The fourth-order valence-electron chi connectivity index (χ4n) is 1.90. The van der Waals surface area contributed by atoms with E-state index in [1.807, 2.05) is 0 Å². The van der Waals surface area contributed by atoms with E-state index in [-0.39, 0.29) is 12.1 Å². The fraction of sp³-hybridized carbons (Fsp3) is 0.200. The van der Waals surface area contributed by atoms with Crippen LogP contribution < -0.4 is 0 Å². The molecular formula is C15H13F3N2O. The van der Waals surface area contributed by atoms with E-state index in [1.54, 1.807) is 6.92 Å². The highest BCUT2D eigenvalue weighted by molar-refractivity contribution is 5.94. The van der Waals surface area contributed by atoms with E-state index >= 15 is 0 Å². The molecule has 0 atom stereocenters. The van der Waals surface area contributed by atoms with Crippen LogP contribution in [0.2, 0.25) is 0 Å². The number of nitrogens with zero attached hydrogens (tertiary/aromatic N) is 2. The maximum absolute atomic E-state index is 13.2. The van der Waals surface area contributed by atoms with E-state index in [1.165, 1.54) is 23.2 Å². The lowest BCUT2D eigenvalue weighted by Gasteiger charge is -2.21. The predicted molar refractivity (Wildman–Crippen MR) is 71.0 cm³/mol. The van der Waals surface area contributed by atoms with Crippen LogP contribution in [-0.2, 0) is 6.54 Å². The summed E-state index contributed by atoms with van der Waals surface area (Å²) in [4.78, 5) is 17.0. The zero-order valence-corrected chi connectivity index (χ0v) is 11.3. The number of hydrogen-bond acceptors (Lipinski definition) is 2. The molecule has 0 radical (unpaired) electrons. The lowest BCUT2D eigenvalue weighted by atomic mass is 10.1. The number of rotatable bonds is 4. The highest BCUT2D eigenvalue weighted by Crippen LogP contribution is 2.13. The van der Waals surface area contributed by atoms with Gasteiger partial charge in [0.1, 0.15) is 0 Å². The second kappa shape index (κ2) is 6.39. The number of hydrogen-bond donors (Lipinski definition) is 0. The van der Waals surface area contributed by atoms with Crippen molar-refractivity contribution in [1.82, 2.24) is 9.88 Å². The van der Waals surface area contributed by atoms with Crippen molar-refractivity contribution >= 4 is 5.91 Å². The number of aromatic nitrogens is 1. The Kier molecular flexibility index (Phi) is 4.57. The van der Waals surface area contributed by atoms with Crippen LogP contribution in [-0.4, -0.2) is 22.3 Å². The Bertz CT molecular complexity index is 661. The van der Waals surface area contributed by atoms with Crippen LogP contribution >= 0.6 is 0 Å². The molecule has 1 amide bonds. The highest BCUT2D eigenvalue weighted by atomic mass is 19.2. The number of carbonyl (C=O) groups is 1. The van der Waals surface area contributed by atoms with Crippen molar-refractivity contribution in [3.8, 4) is 0 Å². The van der Waals surface area contributed by atoms with Gasteiger partial charge in [-0.25, -0.2) is 13.8 Å². The lowest BCUT2D eigenvalue weighted by Crippen LogP contribution is -2.30. The van der Waals surface area contributed by atoms with Crippen molar-refractivity contribution in [2.24, 2.45) is 0 Å². The van der Waals surface area contributed by atoms with Crippen molar-refractivity contribution in [2.45, 2.75) is 13.5 Å². The molecule has 0 saturated heterocycles. The molecule has 110 valence electrons. The third-order valence-electron chi connectivity index (χ3n) is 3.00. The molecule has 0 aliphatic heterocycles. The van der Waals surface area contributed by atoms with Gasteiger partial charge in [0.2, 0.25) is 5.95 Å². The molecule has 0 aliphatic rings. The molecule has 2 rings (SSSR count). The SMILES string of the molecule is CCN(Cc1ccc(F)c(F)c1)C(=O)c1ccnc(F)c1. The first-order chi connectivity index (χ1) is 10.0. The van der Waals surface area contributed by atoms with Crippen molar-refractivity contribution in [2.75, 3.05) is 6.54 Å². The lowest BCUT2D eigenvalue weighted by molar-refractivity contribution is 0.0751. The Morgan fingerprint density at radius 2 is 1.90 bits per heavy atom. The minimum Gasteiger partial charge on any atom is -0.335 e. The average molecular weight is 294 g/mol. The van der Waals surface area contributed by atoms with Gasteiger partial charge in [0.25, 0.3) is 5.91 Å². The van der Waals surface area contributed by atoms with Crippen LogP contribution in [0.1, 0.15) is 22.8 Å². The van der Waals surface area contributed by atoms with Crippen LogP contribution in [0.3, 0.4) is 0 Å². The Labute approximate surface area is 120 Å². The molecule has 1 heterocycles. The first-order valence-electron chi connectivity index (χ1n) is 6.36. The maximum atomic E-state index is 13.2. The summed E-state index contributed by atoms with van der Waals surface area (Å²) in [5.74, 6) is -3.05. The van der Waals surface area contributed by atoms with Gasteiger partial charge in [-0.05, 0) is 30.7 Å². The first kappa shape index (κ1) is 15.0. The molecule has 2 aromatic rings. The summed E-state index contributed by atoms with van der Waals surface area (Å²) in [5, 5.41) is 0. The molecule has 3 nitrogen and oxygen atoms in total. The molecule has 0 fully saturated rings. The summed E-state index contributed by atoms with van der Waals surface area (Å²) >= 11 is 0. The largest absolute Gasteiger partial charge is 0.335 e. The Morgan fingerprint density at radius 3 is 2.52 bits per heavy atom. The molecule has 6 heteroatoms. The maximum Gasteiger partial charge on any atom is 0.254 e. The third kappa shape index (κ3) is 3.59. The molecule has 0 saturated carbocycles. The van der Waals surface area contributed by atoms with Gasteiger partial charge in [-0.3, -0.25) is 4.79 Å². The zero-order valence-electron chi connectivity index (χ0n) is 11.3. The monoisotopic (exact) mass is 294 g/mol. The molecule has 1 aromatic heterocycles. The zero-order chi connectivity index (χ0) is 15.4. The van der Waals surface area contributed by atoms with Crippen molar-refractivity contribution in [3.05, 3.63) is 65.2 Å². The van der Waals surface area contributed by atoms with Gasteiger partial charge in [-0.15, -0.1) is 0 Å². The highest BCUT2D eigenvalue weighted by Gasteiger charge is 2.16. The van der Waals surface area contributed by atoms with Gasteiger partial charge in [-0.2, -0.15) is 4.39 Å². The van der Waals surface area contributed by atoms with Gasteiger partial charge in [0.05, 0.1) is 0 Å². The smallest absolute Gasteiger partial charge is 0.254 e. The van der Waals surface area contributed by atoms with E-state index in [4.69, 9.17) is 0 Å². The van der Waals surface area contributed by atoms with Crippen molar-refractivity contribution in [1.29, 1.82) is 0 Å². The Balaban J connectivity index is 2.19. The summed E-state index contributed by atoms with van der Waals surface area (Å²) in [6, 6.07) is 5.89. The number of halogens is 3. The molecule has 0 bridgehead atoms. The molecule has 1 aromatic carbocycles. The summed E-state index contributed by atoms with van der Waals surface area (Å²) in [7, 11) is 0. The number of benzene rings is 1. The fourth-order valence-corrected chi connectivity index (χ4v) is 1.90. The van der Waals surface area contributed by atoms with Gasteiger partial charge in [-0.1, -0.05) is 6.07 Å². The van der Waals surface area contributed by atoms with Gasteiger partial charge >= 0.3 is 0 Å². The van der Waals surface area contributed by atoms with Gasteiger partial charge < -0.3 is 4.90 Å². The number of pyridine rings is 1. The molecule has 0 N–H and O–H groups in total. The van der Waals surface area contributed by atoms with Crippen LogP contribution in [0.5, 0.6) is 0 Å². The van der Waals surface area contributed by atoms with E-state index < -0.39 is 23.5 Å².